The standard InChI is InChI=1S/C15H18N2O/c1-11-9-12-3-2-6-17-15(12)14(10-11)18-13-4-7-16-8-5-13/h2-3,6,9-10,13,16H,4-5,7-8H2,1H3. The average Bonchev–Trinajstić information content (AvgIpc) is 2.40. The van der Waals surface area contributed by atoms with Crippen LogP contribution in [-0.4, -0.2) is 24.2 Å². The average molecular weight is 242 g/mol. The minimum atomic E-state index is 0.318. The maximum atomic E-state index is 6.15. The second-order valence-corrected chi connectivity index (χ2v) is 4.91. The van der Waals surface area contributed by atoms with Gasteiger partial charge in [0.25, 0.3) is 0 Å². The quantitative estimate of drug-likeness (QED) is 0.879. The number of aryl methyl sites for hydroxylation is 1. The van der Waals surface area contributed by atoms with E-state index in [1.807, 2.05) is 12.3 Å². The van der Waals surface area contributed by atoms with Crippen molar-refractivity contribution in [2.45, 2.75) is 25.9 Å². The van der Waals surface area contributed by atoms with E-state index in [1.54, 1.807) is 0 Å². The Balaban J connectivity index is 1.94. The van der Waals surface area contributed by atoms with Gasteiger partial charge in [-0.15, -0.1) is 0 Å². The van der Waals surface area contributed by atoms with E-state index < -0.39 is 0 Å². The molecule has 0 amide bonds. The number of nitrogens with one attached hydrogen (secondary N) is 1. The largest absolute Gasteiger partial charge is 0.488 e. The number of benzene rings is 1. The lowest BCUT2D eigenvalue weighted by Gasteiger charge is -2.24. The molecule has 3 nitrogen and oxygen atoms in total. The van der Waals surface area contributed by atoms with Gasteiger partial charge in [0.1, 0.15) is 17.4 Å². The van der Waals surface area contributed by atoms with Crippen molar-refractivity contribution >= 4 is 10.9 Å². The fourth-order valence-electron chi connectivity index (χ4n) is 2.48. The van der Waals surface area contributed by atoms with E-state index >= 15 is 0 Å². The molecular weight excluding hydrogens is 224 g/mol. The van der Waals surface area contributed by atoms with Crippen molar-refractivity contribution in [2.75, 3.05) is 13.1 Å². The van der Waals surface area contributed by atoms with E-state index in [1.165, 1.54) is 5.56 Å². The van der Waals surface area contributed by atoms with Gasteiger partial charge in [-0.1, -0.05) is 6.07 Å². The number of hydrogen-bond acceptors (Lipinski definition) is 3. The molecule has 1 aromatic carbocycles. The maximum Gasteiger partial charge on any atom is 0.146 e. The summed E-state index contributed by atoms with van der Waals surface area (Å²) in [5.41, 5.74) is 2.20. The third-order valence-electron chi connectivity index (χ3n) is 3.39. The van der Waals surface area contributed by atoms with E-state index in [9.17, 15) is 0 Å². The van der Waals surface area contributed by atoms with Crippen LogP contribution >= 0.6 is 0 Å². The number of hydrogen-bond donors (Lipinski definition) is 1. The van der Waals surface area contributed by atoms with E-state index in [0.29, 0.717) is 6.10 Å². The first-order valence-electron chi connectivity index (χ1n) is 6.56. The first-order chi connectivity index (χ1) is 8.83. The van der Waals surface area contributed by atoms with Gasteiger partial charge >= 0.3 is 0 Å². The second kappa shape index (κ2) is 4.94. The van der Waals surface area contributed by atoms with Gasteiger partial charge in [0.05, 0.1) is 0 Å². The molecule has 0 unspecified atom stereocenters. The summed E-state index contributed by atoms with van der Waals surface area (Å²) < 4.78 is 6.15. The molecule has 3 rings (SSSR count). The molecule has 0 atom stereocenters. The molecule has 1 aliphatic rings. The van der Waals surface area contributed by atoms with Crippen LogP contribution in [0.5, 0.6) is 5.75 Å². The van der Waals surface area contributed by atoms with Crippen LogP contribution in [0.15, 0.2) is 30.5 Å². The molecule has 94 valence electrons. The van der Waals surface area contributed by atoms with E-state index in [2.05, 4.69) is 35.4 Å². The normalized spacial score (nSPS) is 16.9. The van der Waals surface area contributed by atoms with Crippen LogP contribution in [0.4, 0.5) is 0 Å². The Morgan fingerprint density at radius 2 is 2.11 bits per heavy atom. The Hall–Kier alpha value is -1.61. The van der Waals surface area contributed by atoms with Crippen molar-refractivity contribution in [1.82, 2.24) is 10.3 Å². The molecule has 0 radical (unpaired) electrons. The molecule has 2 aromatic rings. The summed E-state index contributed by atoms with van der Waals surface area (Å²) in [6.07, 6.45) is 4.29. The highest BCUT2D eigenvalue weighted by atomic mass is 16.5. The van der Waals surface area contributed by atoms with Gasteiger partial charge in [-0.05, 0) is 56.6 Å². The van der Waals surface area contributed by atoms with Gasteiger partial charge in [0.15, 0.2) is 0 Å². The zero-order chi connectivity index (χ0) is 12.4. The Bertz CT molecular complexity index is 547. The van der Waals surface area contributed by atoms with Gasteiger partial charge < -0.3 is 10.1 Å². The van der Waals surface area contributed by atoms with E-state index in [4.69, 9.17) is 4.74 Å². The molecule has 0 bridgehead atoms. The highest BCUT2D eigenvalue weighted by molar-refractivity contribution is 5.85. The lowest BCUT2D eigenvalue weighted by Crippen LogP contribution is -2.34. The van der Waals surface area contributed by atoms with Gasteiger partial charge in [-0.3, -0.25) is 4.98 Å². The summed E-state index contributed by atoms with van der Waals surface area (Å²) in [7, 11) is 0. The summed E-state index contributed by atoms with van der Waals surface area (Å²) in [6.45, 7) is 4.19. The van der Waals surface area contributed by atoms with Crippen molar-refractivity contribution in [1.29, 1.82) is 0 Å². The van der Waals surface area contributed by atoms with Crippen LogP contribution in [0.25, 0.3) is 10.9 Å². The molecule has 0 aliphatic carbocycles. The van der Waals surface area contributed by atoms with Crippen molar-refractivity contribution < 1.29 is 4.74 Å². The first-order valence-corrected chi connectivity index (χ1v) is 6.56. The molecule has 0 saturated carbocycles. The minimum absolute atomic E-state index is 0.318. The lowest BCUT2D eigenvalue weighted by molar-refractivity contribution is 0.164. The predicted molar refractivity (Wildman–Crippen MR) is 73.0 cm³/mol. The number of aromatic nitrogens is 1. The highest BCUT2D eigenvalue weighted by Gasteiger charge is 2.16. The number of piperidine rings is 1. The van der Waals surface area contributed by atoms with Gasteiger partial charge in [0, 0.05) is 11.6 Å². The van der Waals surface area contributed by atoms with Gasteiger partial charge in [-0.2, -0.15) is 0 Å². The molecule has 1 aromatic heterocycles. The van der Waals surface area contributed by atoms with Crippen LogP contribution in [0.2, 0.25) is 0 Å². The number of ether oxygens (including phenoxy) is 1. The number of rotatable bonds is 2. The summed E-state index contributed by atoms with van der Waals surface area (Å²) in [6, 6.07) is 8.30. The van der Waals surface area contributed by atoms with Crippen molar-refractivity contribution in [3.05, 3.63) is 36.0 Å². The number of fused-ring (bicyclic) bond motifs is 1. The van der Waals surface area contributed by atoms with Crippen LogP contribution in [0, 0.1) is 6.92 Å². The van der Waals surface area contributed by atoms with E-state index in [0.717, 1.165) is 42.6 Å². The summed E-state index contributed by atoms with van der Waals surface area (Å²) in [4.78, 5) is 4.45. The lowest BCUT2D eigenvalue weighted by atomic mass is 10.1. The predicted octanol–water partition coefficient (Wildman–Crippen LogP) is 2.67. The SMILES string of the molecule is Cc1cc(OC2CCNCC2)c2ncccc2c1. The molecule has 1 saturated heterocycles. The fourth-order valence-corrected chi connectivity index (χ4v) is 2.48. The Labute approximate surface area is 107 Å². The second-order valence-electron chi connectivity index (χ2n) is 4.91. The van der Waals surface area contributed by atoms with Crippen molar-refractivity contribution in [3.63, 3.8) is 0 Å². The number of pyridine rings is 1. The zero-order valence-electron chi connectivity index (χ0n) is 10.6. The first kappa shape index (κ1) is 11.5. The number of nitrogens with zero attached hydrogens (tertiary/aromatic N) is 1. The molecule has 0 spiro atoms. The van der Waals surface area contributed by atoms with Gasteiger partial charge in [0.2, 0.25) is 0 Å². The summed E-state index contributed by atoms with van der Waals surface area (Å²) in [5, 5.41) is 4.51. The highest BCUT2D eigenvalue weighted by Crippen LogP contribution is 2.27. The van der Waals surface area contributed by atoms with Crippen LogP contribution in [-0.2, 0) is 0 Å². The fraction of sp³-hybridized carbons (Fsp3) is 0.400. The zero-order valence-corrected chi connectivity index (χ0v) is 10.6. The smallest absolute Gasteiger partial charge is 0.146 e. The van der Waals surface area contributed by atoms with Crippen LogP contribution in [0.3, 0.4) is 0 Å². The monoisotopic (exact) mass is 242 g/mol. The minimum Gasteiger partial charge on any atom is -0.488 e. The molecule has 1 aliphatic heterocycles. The topological polar surface area (TPSA) is 34.1 Å². The van der Waals surface area contributed by atoms with Crippen LogP contribution in [0.1, 0.15) is 18.4 Å². The Kier molecular flexibility index (Phi) is 3.15. The third kappa shape index (κ3) is 2.31. The molecule has 3 heteroatoms. The maximum absolute atomic E-state index is 6.15. The molecule has 1 fully saturated rings. The third-order valence-corrected chi connectivity index (χ3v) is 3.39. The molecular formula is C15H18N2O. The Morgan fingerprint density at radius 3 is 2.94 bits per heavy atom. The van der Waals surface area contributed by atoms with Crippen molar-refractivity contribution in [2.24, 2.45) is 0 Å². The van der Waals surface area contributed by atoms with Crippen molar-refractivity contribution in [3.8, 4) is 5.75 Å². The summed E-state index contributed by atoms with van der Waals surface area (Å²) >= 11 is 0. The summed E-state index contributed by atoms with van der Waals surface area (Å²) in [5.74, 6) is 0.928. The molecule has 18 heavy (non-hydrogen) atoms. The van der Waals surface area contributed by atoms with Crippen LogP contribution < -0.4 is 10.1 Å². The molecule has 2 heterocycles. The molecule has 1 N–H and O–H groups in total. The van der Waals surface area contributed by atoms with Gasteiger partial charge in [-0.25, -0.2) is 0 Å². The Morgan fingerprint density at radius 1 is 1.28 bits per heavy atom. The van der Waals surface area contributed by atoms with E-state index in [-0.39, 0.29) is 0 Å².